The van der Waals surface area contributed by atoms with Crippen LogP contribution in [-0.4, -0.2) is 41.3 Å². The predicted octanol–water partition coefficient (Wildman–Crippen LogP) is 5.83. The van der Waals surface area contributed by atoms with Gasteiger partial charge in [-0.2, -0.15) is 0 Å². The van der Waals surface area contributed by atoms with E-state index in [9.17, 15) is 19.8 Å². The molecular weight excluding hydrogens is 516 g/mol. The SMILES string of the molecule is C/C(=C\c1ccc(O)cc1)CC[C@H]1OC[C@H]2C1=C(CO)C[C@H]1C(=O)N(c3ccc(Nc4ccccc4)cc3)C(=O)[C@H]12. The zero-order chi connectivity index (χ0) is 28.5. The van der Waals surface area contributed by atoms with Crippen LogP contribution in [0.3, 0.4) is 0 Å². The Hall–Kier alpha value is -4.20. The number of amides is 2. The van der Waals surface area contributed by atoms with E-state index in [2.05, 4.69) is 18.3 Å². The lowest BCUT2D eigenvalue weighted by Gasteiger charge is -2.31. The number of nitrogens with zero attached hydrogens (tertiary/aromatic N) is 1. The van der Waals surface area contributed by atoms with Crippen LogP contribution in [0.4, 0.5) is 17.1 Å². The van der Waals surface area contributed by atoms with Crippen molar-refractivity contribution in [1.29, 1.82) is 0 Å². The molecule has 0 radical (unpaired) electrons. The highest BCUT2D eigenvalue weighted by Crippen LogP contribution is 2.50. The number of aliphatic hydroxyl groups excluding tert-OH is 1. The zero-order valence-electron chi connectivity index (χ0n) is 23.0. The average molecular weight is 551 g/mol. The monoisotopic (exact) mass is 550 g/mol. The van der Waals surface area contributed by atoms with Crippen molar-refractivity contribution in [2.24, 2.45) is 17.8 Å². The van der Waals surface area contributed by atoms with Gasteiger partial charge in [0.25, 0.3) is 0 Å². The molecule has 3 N–H and O–H groups in total. The number of hydrogen-bond acceptors (Lipinski definition) is 6. The molecule has 0 unspecified atom stereocenters. The van der Waals surface area contributed by atoms with E-state index >= 15 is 0 Å². The molecule has 0 spiro atoms. The topological polar surface area (TPSA) is 99.1 Å². The first kappa shape index (κ1) is 27.0. The van der Waals surface area contributed by atoms with Crippen molar-refractivity contribution in [2.45, 2.75) is 32.3 Å². The van der Waals surface area contributed by atoms with Crippen molar-refractivity contribution in [2.75, 3.05) is 23.4 Å². The molecule has 210 valence electrons. The number of phenols is 1. The maximum atomic E-state index is 13.8. The first-order valence-electron chi connectivity index (χ1n) is 14.1. The number of fused-ring (bicyclic) bond motifs is 3. The number of allylic oxidation sites excluding steroid dienone is 1. The van der Waals surface area contributed by atoms with Crippen LogP contribution in [0, 0.1) is 17.8 Å². The van der Waals surface area contributed by atoms with Crippen molar-refractivity contribution >= 4 is 35.0 Å². The van der Waals surface area contributed by atoms with E-state index in [0.29, 0.717) is 18.7 Å². The van der Waals surface area contributed by atoms with Crippen LogP contribution < -0.4 is 10.2 Å². The first-order chi connectivity index (χ1) is 19.9. The molecule has 2 saturated heterocycles. The number of ether oxygens (including phenoxy) is 1. The van der Waals surface area contributed by atoms with E-state index in [0.717, 1.165) is 40.9 Å². The second-order valence-corrected chi connectivity index (χ2v) is 11.2. The van der Waals surface area contributed by atoms with Crippen LogP contribution in [-0.2, 0) is 14.3 Å². The smallest absolute Gasteiger partial charge is 0.238 e. The Morgan fingerprint density at radius 1 is 0.951 bits per heavy atom. The third kappa shape index (κ3) is 5.31. The number of carbonyl (C=O) groups is 2. The minimum Gasteiger partial charge on any atom is -0.508 e. The van der Waals surface area contributed by atoms with E-state index in [1.54, 1.807) is 24.3 Å². The van der Waals surface area contributed by atoms with Gasteiger partial charge in [0.15, 0.2) is 0 Å². The summed E-state index contributed by atoms with van der Waals surface area (Å²) < 4.78 is 6.23. The summed E-state index contributed by atoms with van der Waals surface area (Å²) >= 11 is 0. The number of hydrogen-bond donors (Lipinski definition) is 3. The number of rotatable bonds is 8. The number of carbonyl (C=O) groups excluding carboxylic acids is 2. The van der Waals surface area contributed by atoms with Gasteiger partial charge in [-0.05, 0) is 91.4 Å². The molecule has 4 atom stereocenters. The van der Waals surface area contributed by atoms with E-state index in [4.69, 9.17) is 4.74 Å². The highest BCUT2D eigenvalue weighted by Gasteiger charge is 2.57. The van der Waals surface area contributed by atoms with E-state index in [1.807, 2.05) is 54.6 Å². The molecule has 6 rings (SSSR count). The van der Waals surface area contributed by atoms with Crippen molar-refractivity contribution in [3.8, 4) is 5.75 Å². The summed E-state index contributed by atoms with van der Waals surface area (Å²) in [7, 11) is 0. The van der Waals surface area contributed by atoms with Gasteiger partial charge < -0.3 is 20.3 Å². The number of para-hydroxylation sites is 1. The Morgan fingerprint density at radius 2 is 1.66 bits per heavy atom. The van der Waals surface area contributed by atoms with Crippen LogP contribution >= 0.6 is 0 Å². The fourth-order valence-electron chi connectivity index (χ4n) is 6.54. The largest absolute Gasteiger partial charge is 0.508 e. The summed E-state index contributed by atoms with van der Waals surface area (Å²) in [6.45, 7) is 2.30. The maximum Gasteiger partial charge on any atom is 0.238 e. The Balaban J connectivity index is 1.17. The molecule has 1 aliphatic carbocycles. The fourth-order valence-corrected chi connectivity index (χ4v) is 6.54. The van der Waals surface area contributed by atoms with Crippen LogP contribution in [0.5, 0.6) is 5.75 Å². The van der Waals surface area contributed by atoms with Gasteiger partial charge in [0.05, 0.1) is 36.8 Å². The zero-order valence-corrected chi connectivity index (χ0v) is 23.0. The number of imide groups is 1. The van der Waals surface area contributed by atoms with E-state index in [1.165, 1.54) is 10.5 Å². The Bertz CT molecular complexity index is 1490. The molecule has 2 heterocycles. The van der Waals surface area contributed by atoms with Crippen molar-refractivity contribution in [3.63, 3.8) is 0 Å². The third-order valence-electron chi connectivity index (χ3n) is 8.49. The quantitative estimate of drug-likeness (QED) is 0.241. The van der Waals surface area contributed by atoms with Crippen molar-refractivity contribution in [3.05, 3.63) is 101 Å². The predicted molar refractivity (Wildman–Crippen MR) is 159 cm³/mol. The summed E-state index contributed by atoms with van der Waals surface area (Å²) in [4.78, 5) is 28.7. The minimum atomic E-state index is -0.487. The highest BCUT2D eigenvalue weighted by molar-refractivity contribution is 6.22. The number of benzene rings is 3. The summed E-state index contributed by atoms with van der Waals surface area (Å²) in [6.07, 6.45) is 3.80. The Morgan fingerprint density at radius 3 is 2.37 bits per heavy atom. The number of nitrogens with one attached hydrogen (secondary N) is 1. The van der Waals surface area contributed by atoms with E-state index < -0.39 is 11.8 Å². The normalized spacial score (nSPS) is 24.0. The summed E-state index contributed by atoms with van der Waals surface area (Å²) in [5.41, 5.74) is 6.42. The van der Waals surface area contributed by atoms with Gasteiger partial charge in [-0.3, -0.25) is 14.5 Å². The Kier molecular flexibility index (Phi) is 7.47. The summed E-state index contributed by atoms with van der Waals surface area (Å²) in [5, 5.41) is 23.1. The van der Waals surface area contributed by atoms with Gasteiger partial charge in [-0.25, -0.2) is 0 Å². The molecule has 0 aromatic heterocycles. The molecule has 2 aliphatic heterocycles. The van der Waals surface area contributed by atoms with Crippen LogP contribution in [0.15, 0.2) is 95.6 Å². The number of anilines is 3. The standard InChI is InChI=1S/C34H34N2O5/c1-21(17-22-8-14-27(38)15-9-22)7-16-30-31-23(19-37)18-28-32(29(31)20-41-30)34(40)36(33(28)39)26-12-10-25(11-13-26)35-24-5-3-2-4-6-24/h2-6,8-15,17,28-30,32,35,37-38H,7,16,18-20H2,1H3/b21-17+/t28-,29+,30-,32-/m1/s1. The van der Waals surface area contributed by atoms with Crippen LogP contribution in [0.2, 0.25) is 0 Å². The molecule has 3 aromatic carbocycles. The van der Waals surface area contributed by atoms with Gasteiger partial charge in [-0.15, -0.1) is 0 Å². The van der Waals surface area contributed by atoms with Gasteiger partial charge in [0, 0.05) is 17.3 Å². The third-order valence-corrected chi connectivity index (χ3v) is 8.49. The van der Waals surface area contributed by atoms with Gasteiger partial charge in [0.1, 0.15) is 5.75 Å². The lowest BCUT2D eigenvalue weighted by atomic mass is 9.69. The first-order valence-corrected chi connectivity index (χ1v) is 14.1. The second kappa shape index (κ2) is 11.4. The average Bonchev–Trinajstić information content (AvgIpc) is 3.52. The molecule has 2 fully saturated rings. The van der Waals surface area contributed by atoms with Crippen molar-refractivity contribution < 1.29 is 24.5 Å². The van der Waals surface area contributed by atoms with Crippen LogP contribution in [0.1, 0.15) is 31.7 Å². The molecule has 3 aliphatic rings. The highest BCUT2D eigenvalue weighted by atomic mass is 16.5. The minimum absolute atomic E-state index is 0.140. The van der Waals surface area contributed by atoms with Crippen LogP contribution in [0.25, 0.3) is 6.08 Å². The van der Waals surface area contributed by atoms with E-state index in [-0.39, 0.29) is 36.2 Å². The number of aromatic hydroxyl groups is 1. The van der Waals surface area contributed by atoms with Gasteiger partial charge >= 0.3 is 0 Å². The molecular formula is C34H34N2O5. The molecule has 2 amide bonds. The Labute approximate surface area is 239 Å². The second-order valence-electron chi connectivity index (χ2n) is 11.2. The van der Waals surface area contributed by atoms with Gasteiger partial charge in [0.2, 0.25) is 11.8 Å². The maximum absolute atomic E-state index is 13.8. The number of aliphatic hydroxyl groups is 1. The molecule has 0 saturated carbocycles. The molecule has 7 nitrogen and oxygen atoms in total. The fraction of sp³-hybridized carbons (Fsp3) is 0.294. The molecule has 7 heteroatoms. The summed E-state index contributed by atoms with van der Waals surface area (Å²) in [6, 6.07) is 24.2. The lowest BCUT2D eigenvalue weighted by Crippen LogP contribution is -2.35. The lowest BCUT2D eigenvalue weighted by molar-refractivity contribution is -0.122. The molecule has 0 bridgehead atoms. The van der Waals surface area contributed by atoms with Gasteiger partial charge in [-0.1, -0.05) is 42.0 Å². The van der Waals surface area contributed by atoms with Crippen molar-refractivity contribution in [1.82, 2.24) is 0 Å². The number of phenolic OH excluding ortho intramolecular Hbond substituents is 1. The summed E-state index contributed by atoms with van der Waals surface area (Å²) in [5.74, 6) is -1.32. The molecule has 41 heavy (non-hydrogen) atoms. The molecule has 3 aromatic rings.